The quantitative estimate of drug-likeness (QED) is 0.0351. The van der Waals surface area contributed by atoms with Crippen LogP contribution in [0.5, 0.6) is 0 Å². The number of carboxylic acids is 1. The number of hydrogen-bond acceptors (Lipinski definition) is 14. The van der Waals surface area contributed by atoms with Gasteiger partial charge >= 0.3 is 174 Å². The van der Waals surface area contributed by atoms with E-state index in [0.29, 0.717) is 17.7 Å². The number of ether oxygens (including phenoxy) is 3. The zero-order chi connectivity index (χ0) is 53.3. The SMILES string of the molecule is C.CC(C)(C)C(=O)OCCl.Cc1ccc(C(F)(F)F)cc1NS(=O)(=O)c1cccc(C(=O)O)c1.Cc1ccc(C(F)(F)F)cc1NS(=O)(=O)c1cccc(C(=O)OCOC(=O)C(C)(C)C)c1.O=CO[O-].[Cs+].[Cs+].[H-]. The van der Waals surface area contributed by atoms with Crippen molar-refractivity contribution in [3.05, 3.63) is 118 Å². The zero-order valence-electron chi connectivity index (χ0n) is 40.7. The van der Waals surface area contributed by atoms with E-state index in [2.05, 4.69) is 19.1 Å². The molecule has 0 heterocycles. The number of sulfonamides is 2. The number of esters is 3. The van der Waals surface area contributed by atoms with Crippen molar-refractivity contribution in [3.8, 4) is 0 Å². The van der Waals surface area contributed by atoms with E-state index in [1.54, 1.807) is 41.5 Å². The standard InChI is InChI=1S/C21H22F3NO6S.C15H12F3NO4S.C6H11ClO2.CH2O3.CH4.2Cs.H/c1-13-8-9-15(21(22,23)24)11-17(13)25-32(28,29)16-7-5-6-14(10-16)18(26)30-12-31-19(27)20(2,3)4;1-9-5-6-11(15(16,17)18)8-13(9)19-24(22,23)12-4-2-3-10(7-12)14(20)21;1-6(2,3)5(8)9-4-7;2-1-4-3;;;;/h5-11,25H,12H2,1-4H3;2-8,19H,1H3,(H,20,21);4H2,1-3H3;1,3H;1H4;;;/q;;;;;2*+1;-1/p-1. The van der Waals surface area contributed by atoms with Gasteiger partial charge in [-0.05, 0) is 127 Å². The third kappa shape index (κ3) is 25.9. The summed E-state index contributed by atoms with van der Waals surface area (Å²) in [7, 11) is -8.55. The van der Waals surface area contributed by atoms with Crippen LogP contribution in [0.1, 0.15) is 93.4 Å². The smallest absolute Gasteiger partial charge is 1.00 e. The van der Waals surface area contributed by atoms with Gasteiger partial charge in [0, 0.05) is 0 Å². The van der Waals surface area contributed by atoms with E-state index in [1.807, 2.05) is 0 Å². The van der Waals surface area contributed by atoms with Crippen LogP contribution in [-0.4, -0.2) is 65.2 Å². The Kier molecular flexibility index (Phi) is 33.1. The van der Waals surface area contributed by atoms with E-state index in [0.717, 1.165) is 42.5 Å². The summed E-state index contributed by atoms with van der Waals surface area (Å²) in [6.45, 7) is 12.2. The Morgan fingerprint density at radius 3 is 1.33 bits per heavy atom. The molecule has 0 atom stereocenters. The van der Waals surface area contributed by atoms with E-state index in [9.17, 15) is 62.4 Å². The van der Waals surface area contributed by atoms with E-state index in [4.69, 9.17) is 36.2 Å². The first kappa shape index (κ1) is 73.9. The molecule has 3 N–H and O–H groups in total. The molecule has 0 saturated heterocycles. The number of carbonyl (C=O) groups excluding carboxylic acids is 4. The molecule has 0 aliphatic heterocycles. The summed E-state index contributed by atoms with van der Waals surface area (Å²) in [5.41, 5.74) is -3.55. The van der Waals surface area contributed by atoms with Crippen LogP contribution in [0.2, 0.25) is 0 Å². The van der Waals surface area contributed by atoms with Crippen molar-refractivity contribution in [2.75, 3.05) is 22.3 Å². The molecule has 0 amide bonds. The molecule has 0 saturated carbocycles. The molecule has 0 unspecified atom stereocenters. The number of anilines is 2. The molecule has 390 valence electrons. The molecule has 0 fully saturated rings. The molecular formula is C44H51ClCs2F6N2O15S2. The largest absolute Gasteiger partial charge is 1.00 e. The van der Waals surface area contributed by atoms with Crippen molar-refractivity contribution >= 4 is 73.4 Å². The minimum absolute atomic E-state index is 0. The molecule has 0 aliphatic carbocycles. The number of aryl methyl sites for hydroxylation is 2. The van der Waals surface area contributed by atoms with Crippen LogP contribution in [0.3, 0.4) is 0 Å². The van der Waals surface area contributed by atoms with Gasteiger partial charge in [-0.1, -0.05) is 43.3 Å². The van der Waals surface area contributed by atoms with Gasteiger partial charge in [0.05, 0.1) is 54.2 Å². The second-order valence-electron chi connectivity index (χ2n) is 15.8. The summed E-state index contributed by atoms with van der Waals surface area (Å²) in [6, 6.07) is 14.5. The minimum atomic E-state index is -4.64. The number of alkyl halides is 7. The van der Waals surface area contributed by atoms with Crippen LogP contribution in [0.4, 0.5) is 37.7 Å². The van der Waals surface area contributed by atoms with Crippen molar-refractivity contribution in [2.24, 2.45) is 10.8 Å². The number of hydrogen-bond donors (Lipinski definition) is 3. The maximum absolute atomic E-state index is 13.0. The first-order valence-electron chi connectivity index (χ1n) is 19.2. The predicted molar refractivity (Wildman–Crippen MR) is 241 cm³/mol. The molecule has 0 bridgehead atoms. The summed E-state index contributed by atoms with van der Waals surface area (Å²) in [5, 5.41) is 17.3. The summed E-state index contributed by atoms with van der Waals surface area (Å²) < 4.78 is 145. The summed E-state index contributed by atoms with van der Waals surface area (Å²) in [6.07, 6.45) is -9.26. The number of benzene rings is 4. The first-order valence-corrected chi connectivity index (χ1v) is 22.7. The molecule has 0 aliphatic rings. The monoisotopic (exact) mass is 1330 g/mol. The third-order valence-electron chi connectivity index (χ3n) is 8.22. The van der Waals surface area contributed by atoms with Crippen molar-refractivity contribution in [3.63, 3.8) is 0 Å². The molecule has 72 heavy (non-hydrogen) atoms. The predicted octanol–water partition coefficient (Wildman–Crippen LogP) is 2.99. The Morgan fingerprint density at radius 2 is 1.01 bits per heavy atom. The number of carbonyl (C=O) groups is 5. The van der Waals surface area contributed by atoms with Gasteiger partial charge in [-0.15, -0.1) is 0 Å². The van der Waals surface area contributed by atoms with E-state index < -0.39 is 79.1 Å². The van der Waals surface area contributed by atoms with Gasteiger partial charge in [-0.3, -0.25) is 23.8 Å². The fraction of sp³-hybridized carbons (Fsp3) is 0.341. The molecule has 4 aromatic rings. The van der Waals surface area contributed by atoms with Crippen LogP contribution in [0.15, 0.2) is 94.7 Å². The Labute approximate surface area is 537 Å². The van der Waals surface area contributed by atoms with E-state index in [-0.39, 0.29) is 203 Å². The minimum Gasteiger partial charge on any atom is -1.00 e. The molecular weight excluding hydrogens is 1280 g/mol. The van der Waals surface area contributed by atoms with Crippen LogP contribution < -0.4 is 152 Å². The number of carboxylic acid groups (broad SMARTS) is 1. The van der Waals surface area contributed by atoms with Gasteiger partial charge in [-0.2, -0.15) is 26.3 Å². The maximum Gasteiger partial charge on any atom is 1.00 e. The molecule has 4 aromatic carbocycles. The van der Waals surface area contributed by atoms with Gasteiger partial charge in [0.15, 0.2) is 6.07 Å². The van der Waals surface area contributed by atoms with Gasteiger partial charge in [0.2, 0.25) is 6.79 Å². The Hall–Kier alpha value is -2.34. The average molecular weight is 1330 g/mol. The second kappa shape index (κ2) is 32.3. The van der Waals surface area contributed by atoms with E-state index in [1.165, 1.54) is 44.2 Å². The molecule has 4 rings (SSSR count). The Bertz CT molecular complexity index is 2690. The zero-order valence-corrected chi connectivity index (χ0v) is 54.6. The molecule has 0 radical (unpaired) electrons. The van der Waals surface area contributed by atoms with Crippen LogP contribution in [0.25, 0.3) is 0 Å². The number of aromatic carboxylic acids is 1. The average Bonchev–Trinajstić information content (AvgIpc) is 3.24. The second-order valence-corrected chi connectivity index (χ2v) is 19.4. The topological polar surface area (TPSA) is 258 Å². The molecule has 28 heteroatoms. The van der Waals surface area contributed by atoms with Gasteiger partial charge in [0.1, 0.15) is 0 Å². The number of rotatable bonds is 12. The number of nitrogens with one attached hydrogen (secondary N) is 2. The summed E-state index contributed by atoms with van der Waals surface area (Å²) in [4.78, 5) is 56.0. The van der Waals surface area contributed by atoms with Crippen molar-refractivity contribution in [1.29, 1.82) is 0 Å². The van der Waals surface area contributed by atoms with E-state index >= 15 is 0 Å². The summed E-state index contributed by atoms with van der Waals surface area (Å²) >= 11 is 5.16. The molecule has 17 nitrogen and oxygen atoms in total. The first-order chi connectivity index (χ1) is 31.5. The van der Waals surface area contributed by atoms with Crippen molar-refractivity contribution < 1.29 is 236 Å². The van der Waals surface area contributed by atoms with Gasteiger partial charge in [-0.25, -0.2) is 26.4 Å². The Morgan fingerprint density at radius 1 is 0.653 bits per heavy atom. The van der Waals surface area contributed by atoms with Crippen molar-refractivity contribution in [1.82, 2.24) is 0 Å². The Balaban J connectivity index is -0.000000512. The fourth-order valence-corrected chi connectivity index (χ4v) is 6.95. The van der Waals surface area contributed by atoms with Gasteiger partial charge in [0.25, 0.3) is 26.5 Å². The molecule has 0 aromatic heterocycles. The van der Waals surface area contributed by atoms with Crippen LogP contribution in [0, 0.1) is 24.7 Å². The van der Waals surface area contributed by atoms with Crippen LogP contribution in [-0.2, 0) is 65.9 Å². The fourth-order valence-electron chi connectivity index (χ4n) is 4.51. The summed E-state index contributed by atoms with van der Waals surface area (Å²) in [5.74, 6) is -3.12. The van der Waals surface area contributed by atoms with Crippen molar-refractivity contribution in [2.45, 2.75) is 85.0 Å². The molecule has 0 spiro atoms. The number of halogens is 7. The van der Waals surface area contributed by atoms with Crippen LogP contribution >= 0.6 is 11.6 Å². The van der Waals surface area contributed by atoms with Gasteiger partial charge < -0.3 is 30.9 Å². The normalized spacial score (nSPS) is 11.1. The maximum atomic E-state index is 13.0. The third-order valence-corrected chi connectivity index (χ3v) is 11.1.